The highest BCUT2D eigenvalue weighted by Gasteiger charge is 2.38. The number of sulfonamides is 1. The number of hydrogen-bond acceptors (Lipinski definition) is 3. The molecule has 5 heteroatoms. The van der Waals surface area contributed by atoms with Crippen molar-refractivity contribution in [2.45, 2.75) is 19.5 Å². The molecule has 2 heterocycles. The summed E-state index contributed by atoms with van der Waals surface area (Å²) in [6, 6.07) is 8.20. The summed E-state index contributed by atoms with van der Waals surface area (Å²) in [5.74, 6) is 0.251. The minimum atomic E-state index is -3.12. The molecule has 1 aromatic rings. The Hall–Kier alpha value is -1.17. The van der Waals surface area contributed by atoms with Gasteiger partial charge < -0.3 is 0 Å². The van der Waals surface area contributed by atoms with Crippen molar-refractivity contribution in [3.8, 4) is 0 Å². The summed E-state index contributed by atoms with van der Waals surface area (Å²) in [5.41, 5.74) is 2.25. The topological polar surface area (TPSA) is 40.6 Å². The van der Waals surface area contributed by atoms with Crippen molar-refractivity contribution in [2.75, 3.05) is 25.4 Å². The zero-order valence-electron chi connectivity index (χ0n) is 11.7. The van der Waals surface area contributed by atoms with Crippen LogP contribution in [0.5, 0.6) is 0 Å². The van der Waals surface area contributed by atoms with Crippen molar-refractivity contribution in [3.05, 3.63) is 47.5 Å². The first kappa shape index (κ1) is 13.8. The van der Waals surface area contributed by atoms with E-state index in [1.807, 2.05) is 31.2 Å². The molecule has 0 radical (unpaired) electrons. The lowest BCUT2D eigenvalue weighted by atomic mass is 10.1. The van der Waals surface area contributed by atoms with Gasteiger partial charge in [0.15, 0.2) is 0 Å². The van der Waals surface area contributed by atoms with Crippen LogP contribution in [0.2, 0.25) is 0 Å². The van der Waals surface area contributed by atoms with E-state index in [1.54, 1.807) is 4.31 Å². The second-order valence-corrected chi connectivity index (χ2v) is 7.65. The average Bonchev–Trinajstić information content (AvgIpc) is 3.01. The third kappa shape index (κ3) is 2.80. The molecule has 108 valence electrons. The number of benzene rings is 1. The van der Waals surface area contributed by atoms with Crippen LogP contribution in [0.3, 0.4) is 0 Å². The predicted molar refractivity (Wildman–Crippen MR) is 79.9 cm³/mol. The standard InChI is InChI=1S/C15H20N2O2S/c1-13-4-6-14(7-5-13)10-17-11-15(12-20(17,18)19)16-8-2-3-9-16/h2-7,15H,8-12H2,1H3. The Morgan fingerprint density at radius 2 is 1.80 bits per heavy atom. The zero-order valence-corrected chi connectivity index (χ0v) is 12.5. The lowest BCUT2D eigenvalue weighted by molar-refractivity contribution is 0.251. The Balaban J connectivity index is 1.71. The molecule has 0 amide bonds. The molecule has 1 atom stereocenters. The first-order valence-electron chi connectivity index (χ1n) is 6.97. The van der Waals surface area contributed by atoms with Crippen molar-refractivity contribution in [1.82, 2.24) is 9.21 Å². The highest BCUT2D eigenvalue weighted by atomic mass is 32.2. The van der Waals surface area contributed by atoms with E-state index in [4.69, 9.17) is 0 Å². The number of aryl methyl sites for hydroxylation is 1. The molecule has 3 rings (SSSR count). The third-order valence-electron chi connectivity index (χ3n) is 4.05. The molecule has 4 nitrogen and oxygen atoms in total. The largest absolute Gasteiger partial charge is 0.291 e. The van der Waals surface area contributed by atoms with Crippen molar-refractivity contribution in [3.63, 3.8) is 0 Å². The van der Waals surface area contributed by atoms with Gasteiger partial charge in [-0.05, 0) is 12.5 Å². The molecule has 0 spiro atoms. The van der Waals surface area contributed by atoms with Gasteiger partial charge in [0.05, 0.1) is 5.75 Å². The summed E-state index contributed by atoms with van der Waals surface area (Å²) in [7, 11) is -3.12. The summed E-state index contributed by atoms with van der Waals surface area (Å²) in [6.07, 6.45) is 4.21. The Kier molecular flexibility index (Phi) is 3.67. The van der Waals surface area contributed by atoms with E-state index in [2.05, 4.69) is 17.1 Å². The molecule has 0 bridgehead atoms. The van der Waals surface area contributed by atoms with Crippen LogP contribution >= 0.6 is 0 Å². The van der Waals surface area contributed by atoms with Crippen LogP contribution < -0.4 is 0 Å². The van der Waals surface area contributed by atoms with Gasteiger partial charge in [-0.1, -0.05) is 42.0 Å². The molecule has 0 aromatic heterocycles. The first-order chi connectivity index (χ1) is 9.54. The van der Waals surface area contributed by atoms with Crippen LogP contribution in [-0.2, 0) is 16.6 Å². The predicted octanol–water partition coefficient (Wildman–Crippen LogP) is 1.38. The quantitative estimate of drug-likeness (QED) is 0.790. The second-order valence-electron chi connectivity index (χ2n) is 5.64. The highest BCUT2D eigenvalue weighted by Crippen LogP contribution is 2.22. The monoisotopic (exact) mass is 292 g/mol. The van der Waals surface area contributed by atoms with Crippen molar-refractivity contribution in [2.24, 2.45) is 0 Å². The number of hydrogen-bond donors (Lipinski definition) is 0. The van der Waals surface area contributed by atoms with Gasteiger partial charge in [0.25, 0.3) is 0 Å². The Morgan fingerprint density at radius 3 is 2.45 bits per heavy atom. The van der Waals surface area contributed by atoms with E-state index < -0.39 is 10.0 Å². The number of rotatable bonds is 3. The highest BCUT2D eigenvalue weighted by molar-refractivity contribution is 7.89. The molecule has 1 unspecified atom stereocenters. The maximum Gasteiger partial charge on any atom is 0.216 e. The van der Waals surface area contributed by atoms with Gasteiger partial charge in [0, 0.05) is 32.2 Å². The van der Waals surface area contributed by atoms with Gasteiger partial charge >= 0.3 is 0 Å². The summed E-state index contributed by atoms with van der Waals surface area (Å²) in [5, 5.41) is 0. The minimum Gasteiger partial charge on any atom is -0.291 e. The van der Waals surface area contributed by atoms with Crippen LogP contribution in [0.25, 0.3) is 0 Å². The van der Waals surface area contributed by atoms with Gasteiger partial charge in [0.2, 0.25) is 10.0 Å². The summed E-state index contributed by atoms with van der Waals surface area (Å²) < 4.78 is 26.2. The van der Waals surface area contributed by atoms with Crippen molar-refractivity contribution >= 4 is 10.0 Å². The summed E-state index contributed by atoms with van der Waals surface area (Å²) >= 11 is 0. The van der Waals surface area contributed by atoms with Crippen LogP contribution in [0.1, 0.15) is 11.1 Å². The van der Waals surface area contributed by atoms with Gasteiger partial charge in [-0.2, -0.15) is 4.31 Å². The molecule has 0 N–H and O–H groups in total. The van der Waals surface area contributed by atoms with Gasteiger partial charge in [-0.3, -0.25) is 4.90 Å². The lowest BCUT2D eigenvalue weighted by Crippen LogP contribution is -2.37. The fourth-order valence-corrected chi connectivity index (χ4v) is 4.58. The molecule has 0 aliphatic carbocycles. The smallest absolute Gasteiger partial charge is 0.216 e. The Bertz CT molecular complexity index is 599. The van der Waals surface area contributed by atoms with E-state index in [-0.39, 0.29) is 11.8 Å². The minimum absolute atomic E-state index is 0.125. The van der Waals surface area contributed by atoms with Crippen LogP contribution in [0, 0.1) is 6.92 Å². The van der Waals surface area contributed by atoms with Crippen LogP contribution in [0.4, 0.5) is 0 Å². The fraction of sp³-hybridized carbons (Fsp3) is 0.467. The first-order valence-corrected chi connectivity index (χ1v) is 8.58. The summed E-state index contributed by atoms with van der Waals surface area (Å²) in [6.45, 7) is 4.88. The van der Waals surface area contributed by atoms with E-state index in [0.29, 0.717) is 13.1 Å². The van der Waals surface area contributed by atoms with E-state index in [9.17, 15) is 8.42 Å². The van der Waals surface area contributed by atoms with Crippen molar-refractivity contribution in [1.29, 1.82) is 0 Å². The maximum absolute atomic E-state index is 12.3. The molecule has 1 saturated heterocycles. The zero-order chi connectivity index (χ0) is 14.2. The van der Waals surface area contributed by atoms with Gasteiger partial charge in [-0.25, -0.2) is 8.42 Å². The molecule has 2 aliphatic rings. The van der Waals surface area contributed by atoms with Crippen molar-refractivity contribution < 1.29 is 8.42 Å². The van der Waals surface area contributed by atoms with Crippen LogP contribution in [-0.4, -0.2) is 49.1 Å². The Labute approximate surface area is 120 Å². The normalized spacial score (nSPS) is 26.4. The second kappa shape index (κ2) is 5.31. The van der Waals surface area contributed by atoms with Gasteiger partial charge in [-0.15, -0.1) is 0 Å². The van der Waals surface area contributed by atoms with E-state index in [1.165, 1.54) is 5.56 Å². The molecule has 1 aromatic carbocycles. The molecular weight excluding hydrogens is 272 g/mol. The summed E-state index contributed by atoms with van der Waals surface area (Å²) in [4.78, 5) is 2.23. The fourth-order valence-electron chi connectivity index (χ4n) is 2.82. The van der Waals surface area contributed by atoms with Gasteiger partial charge in [0.1, 0.15) is 0 Å². The third-order valence-corrected chi connectivity index (χ3v) is 5.92. The Morgan fingerprint density at radius 1 is 1.15 bits per heavy atom. The lowest BCUT2D eigenvalue weighted by Gasteiger charge is -2.22. The average molecular weight is 292 g/mol. The van der Waals surface area contributed by atoms with E-state index in [0.717, 1.165) is 18.7 Å². The molecule has 0 saturated carbocycles. The van der Waals surface area contributed by atoms with Crippen LogP contribution in [0.15, 0.2) is 36.4 Å². The molecule has 1 fully saturated rings. The van der Waals surface area contributed by atoms with E-state index >= 15 is 0 Å². The maximum atomic E-state index is 12.3. The molecule has 2 aliphatic heterocycles. The molecular formula is C15H20N2O2S. The molecule has 20 heavy (non-hydrogen) atoms. The SMILES string of the molecule is Cc1ccc(CN2CC(N3CC=CC3)CS2(=O)=O)cc1. The number of nitrogens with zero attached hydrogens (tertiary/aromatic N) is 2.